The van der Waals surface area contributed by atoms with Gasteiger partial charge in [-0.3, -0.25) is 4.98 Å². The minimum atomic E-state index is -0.136. The predicted molar refractivity (Wildman–Crippen MR) is 76.6 cm³/mol. The van der Waals surface area contributed by atoms with Crippen LogP contribution in [0.2, 0.25) is 0 Å². The Balaban J connectivity index is 2.02. The lowest BCUT2D eigenvalue weighted by Crippen LogP contribution is -2.32. The van der Waals surface area contributed by atoms with Gasteiger partial charge in [-0.2, -0.15) is 0 Å². The lowest BCUT2D eigenvalue weighted by atomic mass is 9.75. The molecule has 1 fully saturated rings. The third-order valence-corrected chi connectivity index (χ3v) is 4.07. The second-order valence-electron chi connectivity index (χ2n) is 6.10. The molecule has 1 aliphatic carbocycles. The largest absolute Gasteiger partial charge is 0.316 e. The Hall–Kier alpha value is -0.960. The Kier molecular flexibility index (Phi) is 5.32. The minimum Gasteiger partial charge on any atom is -0.316 e. The average Bonchev–Trinajstić information content (AvgIpc) is 2.40. The summed E-state index contributed by atoms with van der Waals surface area (Å²) in [5.41, 5.74) is 0.867. The van der Waals surface area contributed by atoms with Crippen LogP contribution in [0.1, 0.15) is 51.0 Å². The normalized spacial score (nSPS) is 23.8. The zero-order valence-electron chi connectivity index (χ0n) is 12.0. The van der Waals surface area contributed by atoms with Crippen molar-refractivity contribution in [2.24, 2.45) is 11.8 Å². The highest BCUT2D eigenvalue weighted by Gasteiger charge is 2.28. The van der Waals surface area contributed by atoms with E-state index >= 15 is 0 Å². The quantitative estimate of drug-likeness (QED) is 0.876. The van der Waals surface area contributed by atoms with Crippen LogP contribution in [0.25, 0.3) is 0 Å². The number of nitrogens with one attached hydrogen (secondary N) is 1. The molecule has 3 heteroatoms. The second kappa shape index (κ2) is 6.99. The van der Waals surface area contributed by atoms with Crippen molar-refractivity contribution in [2.45, 2.75) is 45.4 Å². The lowest BCUT2D eigenvalue weighted by Gasteiger charge is -2.32. The molecular weight excluding hydrogens is 239 g/mol. The molecule has 0 aliphatic heterocycles. The van der Waals surface area contributed by atoms with Crippen molar-refractivity contribution in [1.29, 1.82) is 0 Å². The van der Waals surface area contributed by atoms with Crippen molar-refractivity contribution < 1.29 is 4.39 Å². The van der Waals surface area contributed by atoms with Crippen LogP contribution in [-0.2, 0) is 0 Å². The van der Waals surface area contributed by atoms with E-state index in [1.54, 1.807) is 6.20 Å². The number of rotatable bonds is 5. The molecule has 1 aliphatic rings. The van der Waals surface area contributed by atoms with Gasteiger partial charge >= 0.3 is 0 Å². The fourth-order valence-electron chi connectivity index (χ4n) is 3.11. The molecule has 0 bridgehead atoms. The molecule has 0 spiro atoms. The van der Waals surface area contributed by atoms with Crippen molar-refractivity contribution in [3.63, 3.8) is 0 Å². The standard InChI is InChI=1S/C16H25FN2/c1-12(2)9-19-10-13-5-3-4-6-14(13)15-7-8-18-11-16(15)17/h7-8,11-14,19H,3-6,9-10H2,1-2H3. The summed E-state index contributed by atoms with van der Waals surface area (Å²) < 4.78 is 13.9. The summed E-state index contributed by atoms with van der Waals surface area (Å²) in [7, 11) is 0. The summed E-state index contributed by atoms with van der Waals surface area (Å²) in [5, 5.41) is 3.54. The lowest BCUT2D eigenvalue weighted by molar-refractivity contribution is 0.286. The molecular formula is C16H25FN2. The van der Waals surface area contributed by atoms with E-state index in [1.807, 2.05) is 6.07 Å². The summed E-state index contributed by atoms with van der Waals surface area (Å²) in [6, 6.07) is 1.86. The zero-order chi connectivity index (χ0) is 13.7. The SMILES string of the molecule is CC(C)CNCC1CCCCC1c1ccncc1F. The highest BCUT2D eigenvalue weighted by atomic mass is 19.1. The zero-order valence-corrected chi connectivity index (χ0v) is 12.0. The summed E-state index contributed by atoms with van der Waals surface area (Å²) in [4.78, 5) is 3.86. The van der Waals surface area contributed by atoms with Crippen molar-refractivity contribution >= 4 is 0 Å². The molecule has 2 rings (SSSR count). The predicted octanol–water partition coefficient (Wildman–Crippen LogP) is 3.74. The van der Waals surface area contributed by atoms with E-state index in [0.29, 0.717) is 17.8 Å². The Morgan fingerprint density at radius 1 is 1.37 bits per heavy atom. The molecule has 1 N–H and O–H groups in total. The van der Waals surface area contributed by atoms with Gasteiger partial charge in [0.15, 0.2) is 0 Å². The first-order valence-electron chi connectivity index (χ1n) is 7.48. The van der Waals surface area contributed by atoms with Crippen LogP contribution in [-0.4, -0.2) is 18.1 Å². The first-order valence-corrected chi connectivity index (χ1v) is 7.48. The number of pyridine rings is 1. The van der Waals surface area contributed by atoms with Crippen LogP contribution in [0, 0.1) is 17.7 Å². The van der Waals surface area contributed by atoms with Gasteiger partial charge in [0.1, 0.15) is 5.82 Å². The molecule has 0 amide bonds. The Morgan fingerprint density at radius 2 is 2.16 bits per heavy atom. The van der Waals surface area contributed by atoms with Crippen LogP contribution in [0.4, 0.5) is 4.39 Å². The molecule has 2 nitrogen and oxygen atoms in total. The van der Waals surface area contributed by atoms with Crippen LogP contribution in [0.15, 0.2) is 18.5 Å². The summed E-state index contributed by atoms with van der Waals surface area (Å²) in [6.45, 7) is 6.48. The van der Waals surface area contributed by atoms with E-state index in [2.05, 4.69) is 24.1 Å². The van der Waals surface area contributed by atoms with Crippen molar-refractivity contribution in [3.8, 4) is 0 Å². The molecule has 19 heavy (non-hydrogen) atoms. The van der Waals surface area contributed by atoms with E-state index in [9.17, 15) is 4.39 Å². The van der Waals surface area contributed by atoms with Gasteiger partial charge in [-0.25, -0.2) is 4.39 Å². The summed E-state index contributed by atoms with van der Waals surface area (Å²) in [6.07, 6.45) is 7.87. The van der Waals surface area contributed by atoms with Crippen LogP contribution >= 0.6 is 0 Å². The Labute approximate surface area is 115 Å². The number of aromatic nitrogens is 1. The van der Waals surface area contributed by atoms with Crippen molar-refractivity contribution in [2.75, 3.05) is 13.1 Å². The van der Waals surface area contributed by atoms with Crippen molar-refractivity contribution in [1.82, 2.24) is 10.3 Å². The third-order valence-electron chi connectivity index (χ3n) is 4.07. The Bertz CT molecular complexity index is 392. The maximum atomic E-state index is 13.9. The highest BCUT2D eigenvalue weighted by Crippen LogP contribution is 2.38. The molecule has 1 saturated carbocycles. The smallest absolute Gasteiger partial charge is 0.144 e. The third kappa shape index (κ3) is 4.00. The van der Waals surface area contributed by atoms with Crippen LogP contribution in [0.5, 0.6) is 0 Å². The first-order chi connectivity index (χ1) is 9.18. The molecule has 1 heterocycles. The Morgan fingerprint density at radius 3 is 2.89 bits per heavy atom. The number of halogens is 1. The van der Waals surface area contributed by atoms with Gasteiger partial charge in [0.05, 0.1) is 6.20 Å². The van der Waals surface area contributed by atoms with Crippen molar-refractivity contribution in [3.05, 3.63) is 29.8 Å². The molecule has 1 aromatic heterocycles. The molecule has 106 valence electrons. The topological polar surface area (TPSA) is 24.9 Å². The average molecular weight is 264 g/mol. The summed E-state index contributed by atoms with van der Waals surface area (Å²) >= 11 is 0. The maximum absolute atomic E-state index is 13.9. The highest BCUT2D eigenvalue weighted by molar-refractivity contribution is 5.19. The second-order valence-corrected chi connectivity index (χ2v) is 6.10. The molecule has 2 unspecified atom stereocenters. The van der Waals surface area contributed by atoms with Crippen LogP contribution in [0.3, 0.4) is 0 Å². The van der Waals surface area contributed by atoms with E-state index in [-0.39, 0.29) is 5.82 Å². The van der Waals surface area contributed by atoms with E-state index in [1.165, 1.54) is 25.5 Å². The number of hydrogen-bond acceptors (Lipinski definition) is 2. The van der Waals surface area contributed by atoms with Gasteiger partial charge in [0.25, 0.3) is 0 Å². The van der Waals surface area contributed by atoms with Gasteiger partial charge in [-0.1, -0.05) is 26.7 Å². The minimum absolute atomic E-state index is 0.136. The molecule has 2 atom stereocenters. The number of nitrogens with zero attached hydrogens (tertiary/aromatic N) is 1. The maximum Gasteiger partial charge on any atom is 0.144 e. The van der Waals surface area contributed by atoms with Gasteiger partial charge in [-0.05, 0) is 55.3 Å². The van der Waals surface area contributed by atoms with Gasteiger partial charge < -0.3 is 5.32 Å². The van der Waals surface area contributed by atoms with Gasteiger partial charge in [0, 0.05) is 6.20 Å². The van der Waals surface area contributed by atoms with E-state index < -0.39 is 0 Å². The van der Waals surface area contributed by atoms with Gasteiger partial charge in [-0.15, -0.1) is 0 Å². The first kappa shape index (κ1) is 14.4. The van der Waals surface area contributed by atoms with Gasteiger partial charge in [0.2, 0.25) is 0 Å². The summed E-state index contributed by atoms with van der Waals surface area (Å²) in [5.74, 6) is 1.45. The van der Waals surface area contributed by atoms with E-state index in [4.69, 9.17) is 0 Å². The molecule has 0 aromatic carbocycles. The molecule has 0 saturated heterocycles. The number of hydrogen-bond donors (Lipinski definition) is 1. The van der Waals surface area contributed by atoms with E-state index in [0.717, 1.165) is 25.1 Å². The molecule has 0 radical (unpaired) electrons. The fourth-order valence-corrected chi connectivity index (χ4v) is 3.11. The fraction of sp³-hybridized carbons (Fsp3) is 0.688. The van der Waals surface area contributed by atoms with Crippen LogP contribution < -0.4 is 5.32 Å². The monoisotopic (exact) mass is 264 g/mol. The molecule has 1 aromatic rings.